The number of unbranched alkanes of at least 4 members (excludes halogenated alkanes) is 14. The van der Waals surface area contributed by atoms with Crippen LogP contribution < -0.4 is 0 Å². The molecule has 4 aliphatic rings. The first-order valence-electron chi connectivity index (χ1n) is 16.2. The Morgan fingerprint density at radius 1 is 0.657 bits per heavy atom. The Hall–Kier alpha value is -0.530. The van der Waals surface area contributed by atoms with Gasteiger partial charge in [-0.05, 0) is 83.5 Å². The van der Waals surface area contributed by atoms with Gasteiger partial charge in [0.05, 0.1) is 5.41 Å². The summed E-state index contributed by atoms with van der Waals surface area (Å²) in [6.45, 7) is 10.1. The molecule has 0 radical (unpaired) electrons. The summed E-state index contributed by atoms with van der Waals surface area (Å²) in [6.07, 6.45) is 30.2. The molecule has 4 aliphatic carbocycles. The summed E-state index contributed by atoms with van der Waals surface area (Å²) >= 11 is 0. The Bertz CT molecular complexity index is 573. The van der Waals surface area contributed by atoms with Crippen LogP contribution in [0.2, 0.25) is 0 Å². The minimum absolute atomic E-state index is 0.00566. The van der Waals surface area contributed by atoms with Crippen LogP contribution in [-0.2, 0) is 4.79 Å². The maximum Gasteiger partial charge on any atom is 0.229 e. The monoisotopic (exact) mass is 487 g/mol. The number of hydrogen-bond acceptors (Lipinski definition) is 1. The van der Waals surface area contributed by atoms with Crippen molar-refractivity contribution < 1.29 is 4.79 Å². The van der Waals surface area contributed by atoms with Crippen molar-refractivity contribution in [2.45, 2.75) is 174 Å². The molecule has 4 bridgehead atoms. The molecule has 0 aliphatic heterocycles. The first-order chi connectivity index (χ1) is 16.9. The first-order valence-corrected chi connectivity index (χ1v) is 16.2. The molecule has 0 aromatic heterocycles. The van der Waals surface area contributed by atoms with E-state index < -0.39 is 0 Å². The molecule has 2 nitrogen and oxygen atoms in total. The predicted octanol–water partition coefficient (Wildman–Crippen LogP) is 10.1. The molecule has 0 N–H and O–H groups in total. The van der Waals surface area contributed by atoms with Crippen molar-refractivity contribution in [1.82, 2.24) is 4.90 Å². The second kappa shape index (κ2) is 14.4. The number of carbonyl (C=O) groups excluding carboxylic acids is 1. The third kappa shape index (κ3) is 8.49. The SMILES string of the molecule is CCCCCCCCCCCCCCCCCC(C)(C)N(CC)C(=O)C12CC3CC(CC(C3)C1)C2. The Labute approximate surface area is 219 Å². The lowest BCUT2D eigenvalue weighted by Gasteiger charge is -2.57. The van der Waals surface area contributed by atoms with Crippen LogP contribution in [0.4, 0.5) is 0 Å². The minimum atomic E-state index is 0.00566. The van der Waals surface area contributed by atoms with Gasteiger partial charge in [-0.15, -0.1) is 0 Å². The highest BCUT2D eigenvalue weighted by Gasteiger charge is 2.56. The lowest BCUT2D eigenvalue weighted by Crippen LogP contribution is -2.58. The maximum atomic E-state index is 14.0. The van der Waals surface area contributed by atoms with E-state index in [1.54, 1.807) is 0 Å². The van der Waals surface area contributed by atoms with E-state index in [9.17, 15) is 4.79 Å². The molecular formula is C33H61NO. The molecule has 35 heavy (non-hydrogen) atoms. The number of amides is 1. The summed E-state index contributed by atoms with van der Waals surface area (Å²) in [5.74, 6) is 3.08. The van der Waals surface area contributed by atoms with E-state index in [4.69, 9.17) is 0 Å². The van der Waals surface area contributed by atoms with Crippen LogP contribution in [0.5, 0.6) is 0 Å². The number of carbonyl (C=O) groups is 1. The van der Waals surface area contributed by atoms with E-state index in [2.05, 4.69) is 32.6 Å². The highest BCUT2D eigenvalue weighted by Crippen LogP contribution is 2.60. The average molecular weight is 488 g/mol. The van der Waals surface area contributed by atoms with Gasteiger partial charge in [0.25, 0.3) is 0 Å². The van der Waals surface area contributed by atoms with Crippen molar-refractivity contribution in [3.8, 4) is 0 Å². The van der Waals surface area contributed by atoms with Gasteiger partial charge in [0.2, 0.25) is 5.91 Å². The van der Waals surface area contributed by atoms with Gasteiger partial charge in [0.15, 0.2) is 0 Å². The van der Waals surface area contributed by atoms with E-state index in [0.29, 0.717) is 5.91 Å². The molecule has 0 heterocycles. The van der Waals surface area contributed by atoms with E-state index in [1.165, 1.54) is 135 Å². The zero-order chi connectivity index (χ0) is 25.2. The normalized spacial score (nSPS) is 27.5. The highest BCUT2D eigenvalue weighted by molar-refractivity contribution is 5.84. The Morgan fingerprint density at radius 2 is 1.03 bits per heavy atom. The second-order valence-electron chi connectivity index (χ2n) is 13.8. The van der Waals surface area contributed by atoms with Crippen molar-refractivity contribution in [3.63, 3.8) is 0 Å². The van der Waals surface area contributed by atoms with E-state index in [0.717, 1.165) is 30.7 Å². The standard InChI is InChI=1S/C33H61NO/c1-5-7-8-9-10-11-12-13-14-15-16-17-18-19-20-21-32(3,4)34(6-2)31(35)33-25-28-22-29(26-33)24-30(23-28)27-33/h28-30H,5-27H2,1-4H3. The fourth-order valence-electron chi connectivity index (χ4n) is 8.57. The topological polar surface area (TPSA) is 20.3 Å². The molecule has 4 fully saturated rings. The van der Waals surface area contributed by atoms with Crippen LogP contribution in [-0.4, -0.2) is 22.9 Å². The molecule has 0 aromatic rings. The first kappa shape index (κ1) is 29.0. The fraction of sp³-hybridized carbons (Fsp3) is 0.970. The number of rotatable bonds is 19. The lowest BCUT2D eigenvalue weighted by molar-refractivity contribution is -0.163. The Morgan fingerprint density at radius 3 is 1.40 bits per heavy atom. The Kier molecular flexibility index (Phi) is 12.0. The third-order valence-electron chi connectivity index (χ3n) is 10.2. The van der Waals surface area contributed by atoms with Crippen LogP contribution in [0.25, 0.3) is 0 Å². The summed E-state index contributed by atoms with van der Waals surface area (Å²) < 4.78 is 0. The van der Waals surface area contributed by atoms with Crippen LogP contribution >= 0.6 is 0 Å². The van der Waals surface area contributed by atoms with Gasteiger partial charge in [-0.25, -0.2) is 0 Å². The van der Waals surface area contributed by atoms with Crippen molar-refractivity contribution >= 4 is 5.91 Å². The highest BCUT2D eigenvalue weighted by atomic mass is 16.2. The molecule has 0 aromatic carbocycles. The van der Waals surface area contributed by atoms with Gasteiger partial charge in [0.1, 0.15) is 0 Å². The molecule has 4 rings (SSSR count). The lowest BCUT2D eigenvalue weighted by atomic mass is 9.49. The predicted molar refractivity (Wildman–Crippen MR) is 152 cm³/mol. The zero-order valence-corrected chi connectivity index (χ0v) is 24.4. The van der Waals surface area contributed by atoms with Crippen molar-refractivity contribution in [2.24, 2.45) is 23.2 Å². The smallest absolute Gasteiger partial charge is 0.229 e. The molecule has 204 valence electrons. The molecular weight excluding hydrogens is 426 g/mol. The van der Waals surface area contributed by atoms with Gasteiger partial charge < -0.3 is 4.90 Å². The average Bonchev–Trinajstić information content (AvgIpc) is 2.81. The fourth-order valence-corrected chi connectivity index (χ4v) is 8.57. The maximum absolute atomic E-state index is 14.0. The molecule has 0 atom stereocenters. The van der Waals surface area contributed by atoms with Gasteiger partial charge in [0, 0.05) is 12.1 Å². The number of hydrogen-bond donors (Lipinski definition) is 0. The van der Waals surface area contributed by atoms with Crippen LogP contribution in [0.15, 0.2) is 0 Å². The summed E-state index contributed by atoms with van der Waals surface area (Å²) in [7, 11) is 0. The van der Waals surface area contributed by atoms with Gasteiger partial charge in [-0.2, -0.15) is 0 Å². The van der Waals surface area contributed by atoms with Crippen molar-refractivity contribution in [1.29, 1.82) is 0 Å². The molecule has 1 amide bonds. The summed E-state index contributed by atoms with van der Waals surface area (Å²) in [4.78, 5) is 16.3. The summed E-state index contributed by atoms with van der Waals surface area (Å²) in [5.41, 5.74) is 0.0167. The largest absolute Gasteiger partial charge is 0.337 e. The van der Waals surface area contributed by atoms with E-state index in [-0.39, 0.29) is 11.0 Å². The molecule has 0 unspecified atom stereocenters. The van der Waals surface area contributed by atoms with Crippen molar-refractivity contribution in [3.05, 3.63) is 0 Å². The van der Waals surface area contributed by atoms with E-state index in [1.807, 2.05) is 0 Å². The summed E-state index contributed by atoms with van der Waals surface area (Å²) in [5, 5.41) is 0. The molecule has 2 heteroatoms. The minimum Gasteiger partial charge on any atom is -0.337 e. The second-order valence-corrected chi connectivity index (χ2v) is 13.8. The van der Waals surface area contributed by atoms with Crippen molar-refractivity contribution in [2.75, 3.05) is 6.54 Å². The molecule has 4 saturated carbocycles. The van der Waals surface area contributed by atoms with Gasteiger partial charge >= 0.3 is 0 Å². The van der Waals surface area contributed by atoms with Crippen LogP contribution in [0.3, 0.4) is 0 Å². The molecule has 0 saturated heterocycles. The van der Waals surface area contributed by atoms with E-state index >= 15 is 0 Å². The molecule has 0 spiro atoms. The van der Waals surface area contributed by atoms with Gasteiger partial charge in [-0.3, -0.25) is 4.79 Å². The Balaban J connectivity index is 1.25. The zero-order valence-electron chi connectivity index (χ0n) is 24.4. The van der Waals surface area contributed by atoms with Gasteiger partial charge in [-0.1, -0.05) is 103 Å². The summed E-state index contributed by atoms with van der Waals surface area (Å²) in [6, 6.07) is 0. The van der Waals surface area contributed by atoms with Crippen LogP contribution in [0.1, 0.15) is 169 Å². The number of nitrogens with zero attached hydrogens (tertiary/aromatic N) is 1. The quantitative estimate of drug-likeness (QED) is 0.166. The third-order valence-corrected chi connectivity index (χ3v) is 10.2. The van der Waals surface area contributed by atoms with Crippen LogP contribution in [0, 0.1) is 23.2 Å².